The summed E-state index contributed by atoms with van der Waals surface area (Å²) in [6.07, 6.45) is 1.70. The summed E-state index contributed by atoms with van der Waals surface area (Å²) < 4.78 is 16.7. The van der Waals surface area contributed by atoms with Crippen LogP contribution in [0.15, 0.2) is 36.1 Å². The van der Waals surface area contributed by atoms with Crippen LogP contribution < -0.4 is 9.47 Å². The van der Waals surface area contributed by atoms with E-state index in [4.69, 9.17) is 14.2 Å². The molecular weight excluding hydrogens is 382 g/mol. The van der Waals surface area contributed by atoms with Gasteiger partial charge >= 0.3 is 5.97 Å². The molecule has 2 heterocycles. The Hall–Kier alpha value is -3.12. The Morgan fingerprint density at radius 2 is 2.00 bits per heavy atom. The van der Waals surface area contributed by atoms with Gasteiger partial charge in [0.25, 0.3) is 0 Å². The number of ketones is 1. The van der Waals surface area contributed by atoms with Crippen molar-refractivity contribution in [3.63, 3.8) is 0 Å². The number of allylic oxidation sites excluding steroid dienone is 1. The van der Waals surface area contributed by atoms with Gasteiger partial charge in [0.1, 0.15) is 18.2 Å². The third-order valence-electron chi connectivity index (χ3n) is 5.24. The molecule has 6 heteroatoms. The number of esters is 1. The lowest BCUT2D eigenvalue weighted by molar-refractivity contribution is 0.0600. The molecule has 0 unspecified atom stereocenters. The highest BCUT2D eigenvalue weighted by molar-refractivity contribution is 6.16. The molecule has 2 aliphatic heterocycles. The van der Waals surface area contributed by atoms with Gasteiger partial charge in [0.2, 0.25) is 5.78 Å². The minimum atomic E-state index is -0.400. The first-order valence-electron chi connectivity index (χ1n) is 10.0. The lowest BCUT2D eigenvalue weighted by Gasteiger charge is -2.31. The van der Waals surface area contributed by atoms with Crippen molar-refractivity contribution in [2.45, 2.75) is 27.3 Å². The fourth-order valence-electron chi connectivity index (χ4n) is 3.89. The van der Waals surface area contributed by atoms with Crippen LogP contribution in [0.25, 0.3) is 6.08 Å². The van der Waals surface area contributed by atoms with E-state index in [1.807, 2.05) is 13.0 Å². The van der Waals surface area contributed by atoms with Crippen LogP contribution in [0, 0.1) is 12.8 Å². The summed E-state index contributed by atoms with van der Waals surface area (Å²) in [5, 5.41) is 0. The van der Waals surface area contributed by atoms with E-state index in [1.54, 1.807) is 30.3 Å². The molecule has 0 amide bonds. The smallest absolute Gasteiger partial charge is 0.337 e. The Morgan fingerprint density at radius 1 is 1.27 bits per heavy atom. The van der Waals surface area contributed by atoms with Crippen molar-refractivity contribution >= 4 is 17.8 Å². The molecule has 156 valence electrons. The van der Waals surface area contributed by atoms with E-state index in [2.05, 4.69) is 18.7 Å². The minimum absolute atomic E-state index is 0.136. The van der Waals surface area contributed by atoms with E-state index >= 15 is 0 Å². The molecule has 30 heavy (non-hydrogen) atoms. The number of carbonyl (C=O) groups excluding carboxylic acids is 2. The van der Waals surface area contributed by atoms with Crippen molar-refractivity contribution in [1.29, 1.82) is 0 Å². The van der Waals surface area contributed by atoms with Gasteiger partial charge in [-0.3, -0.25) is 9.69 Å². The maximum atomic E-state index is 13.1. The first kappa shape index (κ1) is 20.2. The fraction of sp³-hybridized carbons (Fsp3) is 0.333. The van der Waals surface area contributed by atoms with Gasteiger partial charge in [-0.15, -0.1) is 0 Å². The number of hydrogen-bond donors (Lipinski definition) is 0. The molecule has 0 bridgehead atoms. The summed E-state index contributed by atoms with van der Waals surface area (Å²) in [4.78, 5) is 26.9. The lowest BCUT2D eigenvalue weighted by atomic mass is 9.98. The monoisotopic (exact) mass is 407 g/mol. The van der Waals surface area contributed by atoms with Crippen LogP contribution in [0.5, 0.6) is 11.5 Å². The Kier molecular flexibility index (Phi) is 5.35. The van der Waals surface area contributed by atoms with Crippen molar-refractivity contribution in [3.8, 4) is 11.5 Å². The summed E-state index contributed by atoms with van der Waals surface area (Å²) in [6, 6.07) is 8.77. The minimum Gasteiger partial charge on any atom is -0.478 e. The number of aryl methyl sites for hydroxylation is 1. The highest BCUT2D eigenvalue weighted by Gasteiger charge is 2.35. The summed E-state index contributed by atoms with van der Waals surface area (Å²) in [5.41, 5.74) is 3.58. The molecule has 0 N–H and O–H groups in total. The number of fused-ring (bicyclic) bond motifs is 3. The van der Waals surface area contributed by atoms with Crippen molar-refractivity contribution < 1.29 is 23.8 Å². The number of ether oxygens (including phenoxy) is 3. The average molecular weight is 407 g/mol. The SMILES string of the molecule is COC(=O)c1ccc(/C=C2\Oc3c4c(cc(C)c3C2=O)OCN(CC(C)C)C4)cc1. The van der Waals surface area contributed by atoms with Crippen molar-refractivity contribution in [1.82, 2.24) is 4.90 Å². The van der Waals surface area contributed by atoms with Gasteiger partial charge in [0.15, 0.2) is 5.76 Å². The Balaban J connectivity index is 1.65. The third-order valence-corrected chi connectivity index (χ3v) is 5.24. The van der Waals surface area contributed by atoms with Crippen LogP contribution in [-0.4, -0.2) is 37.0 Å². The molecule has 0 spiro atoms. The topological polar surface area (TPSA) is 65.1 Å². The zero-order chi connectivity index (χ0) is 21.4. The van der Waals surface area contributed by atoms with Crippen LogP contribution >= 0.6 is 0 Å². The fourth-order valence-corrected chi connectivity index (χ4v) is 3.89. The number of nitrogens with zero attached hydrogens (tertiary/aromatic N) is 1. The number of benzene rings is 2. The highest BCUT2D eigenvalue weighted by Crippen LogP contribution is 2.44. The van der Waals surface area contributed by atoms with Crippen LogP contribution in [0.1, 0.15) is 51.3 Å². The zero-order valence-electron chi connectivity index (χ0n) is 17.7. The maximum Gasteiger partial charge on any atom is 0.337 e. The van der Waals surface area contributed by atoms with E-state index in [-0.39, 0.29) is 11.5 Å². The standard InChI is InChI=1S/C24H25NO5/c1-14(2)11-25-12-18-19(29-13-25)9-15(3)21-22(26)20(30-23(18)21)10-16-5-7-17(8-6-16)24(27)28-4/h5-10,14H,11-13H2,1-4H3/b20-10-. The summed E-state index contributed by atoms with van der Waals surface area (Å²) in [6.45, 7) is 8.36. The maximum absolute atomic E-state index is 13.1. The Bertz CT molecular complexity index is 1040. The molecule has 2 aliphatic rings. The second kappa shape index (κ2) is 7.95. The normalized spacial score (nSPS) is 16.8. The molecule has 2 aromatic carbocycles. The molecule has 0 saturated heterocycles. The molecule has 0 fully saturated rings. The Morgan fingerprint density at radius 3 is 2.67 bits per heavy atom. The van der Waals surface area contributed by atoms with Crippen LogP contribution in [0.2, 0.25) is 0 Å². The van der Waals surface area contributed by atoms with Crippen LogP contribution in [-0.2, 0) is 11.3 Å². The van der Waals surface area contributed by atoms with Gasteiger partial charge in [-0.05, 0) is 48.2 Å². The quantitative estimate of drug-likeness (QED) is 0.559. The van der Waals surface area contributed by atoms with E-state index in [9.17, 15) is 9.59 Å². The molecule has 0 radical (unpaired) electrons. The number of methoxy groups -OCH3 is 1. The molecule has 6 nitrogen and oxygen atoms in total. The Labute approximate surface area is 176 Å². The van der Waals surface area contributed by atoms with Gasteiger partial charge in [-0.25, -0.2) is 4.79 Å². The highest BCUT2D eigenvalue weighted by atomic mass is 16.5. The molecule has 0 atom stereocenters. The average Bonchev–Trinajstić information content (AvgIpc) is 3.05. The predicted molar refractivity (Wildman–Crippen MR) is 113 cm³/mol. The van der Waals surface area contributed by atoms with Crippen molar-refractivity contribution in [3.05, 3.63) is 63.9 Å². The third kappa shape index (κ3) is 3.71. The van der Waals surface area contributed by atoms with Gasteiger partial charge < -0.3 is 14.2 Å². The van der Waals surface area contributed by atoms with Crippen LogP contribution in [0.4, 0.5) is 0 Å². The zero-order valence-corrected chi connectivity index (χ0v) is 17.7. The molecule has 0 aromatic heterocycles. The number of carbonyl (C=O) groups is 2. The predicted octanol–water partition coefficient (Wildman–Crippen LogP) is 4.21. The van der Waals surface area contributed by atoms with E-state index in [1.165, 1.54) is 7.11 Å². The van der Waals surface area contributed by atoms with Gasteiger partial charge in [-0.2, -0.15) is 0 Å². The summed E-state index contributed by atoms with van der Waals surface area (Å²) >= 11 is 0. The summed E-state index contributed by atoms with van der Waals surface area (Å²) in [5.74, 6) is 1.63. The van der Waals surface area contributed by atoms with E-state index < -0.39 is 5.97 Å². The van der Waals surface area contributed by atoms with E-state index in [0.29, 0.717) is 36.1 Å². The van der Waals surface area contributed by atoms with E-state index in [0.717, 1.165) is 29.0 Å². The second-order valence-electron chi connectivity index (χ2n) is 8.11. The molecule has 4 rings (SSSR count). The largest absolute Gasteiger partial charge is 0.478 e. The second-order valence-corrected chi connectivity index (χ2v) is 8.11. The van der Waals surface area contributed by atoms with Crippen molar-refractivity contribution in [2.24, 2.45) is 5.92 Å². The lowest BCUT2D eigenvalue weighted by Crippen LogP contribution is -2.35. The summed E-state index contributed by atoms with van der Waals surface area (Å²) in [7, 11) is 1.34. The van der Waals surface area contributed by atoms with Crippen LogP contribution in [0.3, 0.4) is 0 Å². The molecule has 0 aliphatic carbocycles. The first-order valence-corrected chi connectivity index (χ1v) is 10.0. The number of hydrogen-bond acceptors (Lipinski definition) is 6. The molecule has 0 saturated carbocycles. The number of Topliss-reactive ketones (excluding diaryl/α,β-unsaturated/α-hetero) is 1. The molecule has 2 aromatic rings. The number of rotatable bonds is 4. The van der Waals surface area contributed by atoms with Gasteiger partial charge in [-0.1, -0.05) is 26.0 Å². The molecular formula is C24H25NO5. The van der Waals surface area contributed by atoms with Crippen molar-refractivity contribution in [2.75, 3.05) is 20.4 Å². The van der Waals surface area contributed by atoms with Gasteiger partial charge in [0.05, 0.1) is 23.8 Å². The van der Waals surface area contributed by atoms with Gasteiger partial charge in [0, 0.05) is 13.1 Å². The first-order chi connectivity index (χ1) is 14.4.